The molecule has 3 heterocycles. The summed E-state index contributed by atoms with van der Waals surface area (Å²) in [6.45, 7) is 0. The van der Waals surface area contributed by atoms with Crippen LogP contribution < -0.4 is 5.01 Å². The fraction of sp³-hybridized carbons (Fsp3) is 0.389. The van der Waals surface area contributed by atoms with Gasteiger partial charge < -0.3 is 9.84 Å². The van der Waals surface area contributed by atoms with E-state index in [2.05, 4.69) is 19.8 Å². The lowest BCUT2D eigenvalue weighted by Gasteiger charge is -2.30. The fourth-order valence-corrected chi connectivity index (χ4v) is 3.22. The van der Waals surface area contributed by atoms with Gasteiger partial charge in [-0.2, -0.15) is 44.6 Å². The van der Waals surface area contributed by atoms with Gasteiger partial charge in [-0.25, -0.2) is 5.01 Å². The molecule has 2 aromatic heterocycles. The maximum atomic E-state index is 13.6. The maximum absolute atomic E-state index is 13.6. The van der Waals surface area contributed by atoms with Gasteiger partial charge in [0.15, 0.2) is 12.3 Å². The predicted octanol–water partition coefficient (Wildman–Crippen LogP) is 4.25. The average Bonchev–Trinajstić information content (AvgIpc) is 3.03. The molecule has 1 aliphatic rings. The number of hydrazone groups is 1. The van der Waals surface area contributed by atoms with Crippen LogP contribution in [0.15, 0.2) is 42.0 Å². The van der Waals surface area contributed by atoms with E-state index < -0.39 is 64.9 Å². The number of methoxy groups -OCH3 is 1. The first kappa shape index (κ1) is 24.7. The summed E-state index contributed by atoms with van der Waals surface area (Å²) in [4.78, 5) is 6.72. The number of aliphatic hydroxyl groups is 1. The van der Waals surface area contributed by atoms with E-state index in [1.165, 1.54) is 0 Å². The molecule has 33 heavy (non-hydrogen) atoms. The van der Waals surface area contributed by atoms with Crippen molar-refractivity contribution in [3.8, 4) is 0 Å². The van der Waals surface area contributed by atoms with Crippen LogP contribution in [-0.2, 0) is 17.1 Å². The second-order valence-electron chi connectivity index (χ2n) is 6.86. The van der Waals surface area contributed by atoms with Crippen molar-refractivity contribution < 1.29 is 49.4 Å². The number of halogens is 9. The number of anilines is 1. The topological polar surface area (TPSA) is 70.8 Å². The van der Waals surface area contributed by atoms with Crippen molar-refractivity contribution in [1.82, 2.24) is 9.97 Å². The molecule has 0 bridgehead atoms. The van der Waals surface area contributed by atoms with Gasteiger partial charge in [0.1, 0.15) is 0 Å². The van der Waals surface area contributed by atoms with Crippen molar-refractivity contribution in [2.45, 2.75) is 30.9 Å². The van der Waals surface area contributed by atoms with E-state index in [-0.39, 0.29) is 0 Å². The monoisotopic (exact) mass is 488 g/mol. The van der Waals surface area contributed by atoms with Gasteiger partial charge in [-0.1, -0.05) is 0 Å². The molecular formula is C18H13F9N4O2. The Morgan fingerprint density at radius 3 is 1.94 bits per heavy atom. The van der Waals surface area contributed by atoms with Gasteiger partial charge in [-0.05, 0) is 12.1 Å². The van der Waals surface area contributed by atoms with E-state index in [1.54, 1.807) is 0 Å². The van der Waals surface area contributed by atoms with Crippen LogP contribution in [0.5, 0.6) is 0 Å². The van der Waals surface area contributed by atoms with Gasteiger partial charge >= 0.3 is 18.5 Å². The number of hydrogen-bond acceptors (Lipinski definition) is 6. The van der Waals surface area contributed by atoms with Gasteiger partial charge in [0, 0.05) is 31.3 Å². The SMILES string of the molecule is COC(C1C(c2cncc(C(F)(F)F)c2)=NN(c2cncc(C(F)(F)F)c2)C1O)C(F)(F)F. The summed E-state index contributed by atoms with van der Waals surface area (Å²) in [6, 6.07) is 0.933. The Hall–Kier alpha value is -2.94. The molecule has 2 aromatic rings. The smallest absolute Gasteiger partial charge is 0.371 e. The molecule has 0 aliphatic carbocycles. The zero-order chi connectivity index (χ0) is 24.8. The third kappa shape index (κ3) is 5.03. The molecule has 3 unspecified atom stereocenters. The molecule has 15 heteroatoms. The highest BCUT2D eigenvalue weighted by Crippen LogP contribution is 2.40. The largest absolute Gasteiger partial charge is 0.417 e. The third-order valence-corrected chi connectivity index (χ3v) is 4.68. The lowest BCUT2D eigenvalue weighted by atomic mass is 9.90. The average molecular weight is 488 g/mol. The number of alkyl halides is 9. The Kier molecular flexibility index (Phi) is 6.32. The summed E-state index contributed by atoms with van der Waals surface area (Å²) >= 11 is 0. The summed E-state index contributed by atoms with van der Waals surface area (Å²) in [6.07, 6.45) is -17.5. The minimum absolute atomic E-state index is 0.403. The molecular weight excluding hydrogens is 475 g/mol. The molecule has 0 radical (unpaired) electrons. The standard InChI is InChI=1S/C18H13F9N4O2/c1-33-14(18(25,26)27)12-13(8-2-9(5-28-4-8)16(19,20)21)30-31(15(12)32)11-3-10(6-29-7-11)17(22,23)24/h2-7,12,14-15,32H,1H3. The molecule has 1 aliphatic heterocycles. The summed E-state index contributed by atoms with van der Waals surface area (Å²) in [5.74, 6) is -2.13. The van der Waals surface area contributed by atoms with Crippen molar-refractivity contribution in [1.29, 1.82) is 0 Å². The quantitative estimate of drug-likeness (QED) is 0.652. The van der Waals surface area contributed by atoms with Gasteiger partial charge in [-0.15, -0.1) is 0 Å². The normalized spacial score (nSPS) is 20.7. The first-order valence-corrected chi connectivity index (χ1v) is 8.84. The van der Waals surface area contributed by atoms with Gasteiger partial charge in [0.2, 0.25) is 0 Å². The van der Waals surface area contributed by atoms with Crippen LogP contribution in [-0.4, -0.2) is 46.4 Å². The van der Waals surface area contributed by atoms with Crippen LogP contribution in [0.25, 0.3) is 0 Å². The highest BCUT2D eigenvalue weighted by molar-refractivity contribution is 6.05. The predicted molar refractivity (Wildman–Crippen MR) is 93.8 cm³/mol. The Labute approximate surface area is 179 Å². The number of rotatable bonds is 4. The van der Waals surface area contributed by atoms with E-state index in [4.69, 9.17) is 0 Å². The molecule has 0 saturated carbocycles. The Balaban J connectivity index is 2.16. The van der Waals surface area contributed by atoms with Crippen molar-refractivity contribution in [2.75, 3.05) is 12.1 Å². The summed E-state index contributed by atoms with van der Waals surface area (Å²) < 4.78 is 124. The second-order valence-corrected chi connectivity index (χ2v) is 6.86. The van der Waals surface area contributed by atoms with E-state index >= 15 is 0 Å². The third-order valence-electron chi connectivity index (χ3n) is 4.68. The zero-order valence-corrected chi connectivity index (χ0v) is 16.2. The Morgan fingerprint density at radius 2 is 1.42 bits per heavy atom. The van der Waals surface area contributed by atoms with Crippen LogP contribution >= 0.6 is 0 Å². The lowest BCUT2D eigenvalue weighted by Crippen LogP contribution is -2.48. The second kappa shape index (κ2) is 8.44. The number of ether oxygens (including phenoxy) is 1. The van der Waals surface area contributed by atoms with Crippen LogP contribution in [0.2, 0.25) is 0 Å². The van der Waals surface area contributed by atoms with Crippen molar-refractivity contribution >= 4 is 11.4 Å². The number of hydrogen-bond donors (Lipinski definition) is 1. The molecule has 3 atom stereocenters. The first-order valence-electron chi connectivity index (χ1n) is 8.84. The first-order chi connectivity index (χ1) is 15.1. The van der Waals surface area contributed by atoms with Gasteiger partial charge in [0.25, 0.3) is 0 Å². The molecule has 0 spiro atoms. The van der Waals surface area contributed by atoms with E-state index in [0.29, 0.717) is 36.6 Å². The van der Waals surface area contributed by atoms with Gasteiger partial charge in [0.05, 0.1) is 34.6 Å². The minimum Gasteiger partial charge on any atom is -0.371 e. The Morgan fingerprint density at radius 1 is 0.879 bits per heavy atom. The van der Waals surface area contributed by atoms with Crippen molar-refractivity contribution in [3.05, 3.63) is 53.6 Å². The van der Waals surface area contributed by atoms with Gasteiger partial charge in [-0.3, -0.25) is 9.97 Å². The van der Waals surface area contributed by atoms with Crippen molar-refractivity contribution in [2.24, 2.45) is 11.0 Å². The summed E-state index contributed by atoms with van der Waals surface area (Å²) in [7, 11) is 0.654. The van der Waals surface area contributed by atoms with Crippen LogP contribution in [0.1, 0.15) is 16.7 Å². The molecule has 6 nitrogen and oxygen atoms in total. The molecule has 180 valence electrons. The molecule has 1 N–H and O–H groups in total. The van der Waals surface area contributed by atoms with E-state index in [1.807, 2.05) is 0 Å². The number of aromatic nitrogens is 2. The van der Waals surface area contributed by atoms with Crippen LogP contribution in [0.3, 0.4) is 0 Å². The highest BCUT2D eigenvalue weighted by Gasteiger charge is 2.54. The summed E-state index contributed by atoms with van der Waals surface area (Å²) in [5, 5.41) is 14.7. The Bertz CT molecular complexity index is 1040. The van der Waals surface area contributed by atoms with Crippen LogP contribution in [0.4, 0.5) is 45.2 Å². The van der Waals surface area contributed by atoms with E-state index in [0.717, 1.165) is 12.4 Å². The van der Waals surface area contributed by atoms with Crippen LogP contribution in [0, 0.1) is 5.92 Å². The fourth-order valence-electron chi connectivity index (χ4n) is 3.22. The molecule has 0 aromatic carbocycles. The van der Waals surface area contributed by atoms with E-state index in [9.17, 15) is 44.6 Å². The number of aliphatic hydroxyl groups excluding tert-OH is 1. The summed E-state index contributed by atoms with van der Waals surface area (Å²) in [5.41, 5.74) is -4.40. The molecule has 0 amide bonds. The zero-order valence-electron chi connectivity index (χ0n) is 16.2. The lowest BCUT2D eigenvalue weighted by molar-refractivity contribution is -0.227. The highest BCUT2D eigenvalue weighted by atomic mass is 19.4. The number of pyridine rings is 2. The van der Waals surface area contributed by atoms with Crippen molar-refractivity contribution in [3.63, 3.8) is 0 Å². The minimum atomic E-state index is -5.11. The molecule has 0 fully saturated rings. The molecule has 0 saturated heterocycles. The number of nitrogens with zero attached hydrogens (tertiary/aromatic N) is 4. The molecule has 3 rings (SSSR count). The maximum Gasteiger partial charge on any atom is 0.417 e.